The van der Waals surface area contributed by atoms with E-state index in [2.05, 4.69) is 4.40 Å². The molecule has 0 heterocycles. The average Bonchev–Trinajstić information content (AvgIpc) is 2.26. The van der Waals surface area contributed by atoms with Crippen LogP contribution in [0, 0.1) is 0 Å². The summed E-state index contributed by atoms with van der Waals surface area (Å²) in [5, 5.41) is 0. The van der Waals surface area contributed by atoms with Crippen LogP contribution in [-0.4, -0.2) is 20.7 Å². The van der Waals surface area contributed by atoms with E-state index in [1.165, 1.54) is 12.1 Å². The zero-order valence-electron chi connectivity index (χ0n) is 8.68. The Bertz CT molecular complexity index is 614. The third-order valence-corrected chi connectivity index (χ3v) is 3.05. The van der Waals surface area contributed by atoms with Crippen LogP contribution in [0.15, 0.2) is 39.6 Å². The second-order valence-electron chi connectivity index (χ2n) is 3.07. The lowest BCUT2D eigenvalue weighted by Crippen LogP contribution is -2.02. The monoisotopic (exact) mass is 277 g/mol. The number of carbonyl (C=O) groups excluding carboxylic acids is 1. The van der Waals surface area contributed by atoms with Gasteiger partial charge < -0.3 is 0 Å². The summed E-state index contributed by atoms with van der Waals surface area (Å²) < 4.78 is 61.4. The molecule has 4 nitrogen and oxygen atoms in total. The Morgan fingerprint density at radius 2 is 1.83 bits per heavy atom. The number of hydrogen-bond donors (Lipinski definition) is 0. The van der Waals surface area contributed by atoms with Crippen LogP contribution in [0.4, 0.5) is 13.2 Å². The Balaban J connectivity index is 3.33. The summed E-state index contributed by atoms with van der Waals surface area (Å²) in [7, 11) is -4.33. The molecule has 0 unspecified atom stereocenters. The lowest BCUT2D eigenvalue weighted by Gasteiger charge is -2.03. The molecule has 0 aromatic heterocycles. The van der Waals surface area contributed by atoms with Crippen molar-refractivity contribution in [1.29, 1.82) is 0 Å². The summed E-state index contributed by atoms with van der Waals surface area (Å²) in [6, 6.07) is 4.87. The Morgan fingerprint density at radius 1 is 1.22 bits per heavy atom. The first-order chi connectivity index (χ1) is 8.26. The maximum atomic E-state index is 12.0. The normalized spacial score (nSPS) is 12.4. The van der Waals surface area contributed by atoms with Crippen molar-refractivity contribution in [2.45, 2.75) is 11.1 Å². The summed E-state index contributed by atoms with van der Waals surface area (Å²) in [6.45, 7) is 0. The predicted molar refractivity (Wildman–Crippen MR) is 56.8 cm³/mol. The number of isocyanates is 1. The van der Waals surface area contributed by atoms with Crippen LogP contribution in [0.2, 0.25) is 0 Å². The minimum atomic E-state index is -4.56. The van der Waals surface area contributed by atoms with E-state index in [4.69, 9.17) is 0 Å². The fourth-order valence-corrected chi connectivity index (χ4v) is 2.02. The number of hydrogen-bond acceptors (Lipinski definition) is 3. The zero-order chi connectivity index (χ0) is 13.8. The second-order valence-corrected chi connectivity index (χ2v) is 4.64. The van der Waals surface area contributed by atoms with Crippen molar-refractivity contribution in [2.24, 2.45) is 4.40 Å². The van der Waals surface area contributed by atoms with Gasteiger partial charge in [0.2, 0.25) is 0 Å². The van der Waals surface area contributed by atoms with Gasteiger partial charge in [-0.3, -0.25) is 0 Å². The Hall–Kier alpha value is -1.92. The molecule has 96 valence electrons. The molecule has 1 aromatic carbocycles. The molecule has 0 aliphatic heterocycles. The average molecular weight is 277 g/mol. The molecule has 0 N–H and O–H groups in total. The smallest absolute Gasteiger partial charge is 0.210 e. The van der Waals surface area contributed by atoms with Crippen molar-refractivity contribution in [2.75, 3.05) is 0 Å². The SMILES string of the molecule is O=C=NS(=O)(=O)c1ccccc1C=CC(F)(F)F. The molecule has 0 aliphatic carbocycles. The topological polar surface area (TPSA) is 63.6 Å². The Morgan fingerprint density at radius 3 is 2.39 bits per heavy atom. The fourth-order valence-electron chi connectivity index (χ4n) is 1.14. The molecule has 0 amide bonds. The van der Waals surface area contributed by atoms with E-state index in [-0.39, 0.29) is 11.6 Å². The van der Waals surface area contributed by atoms with Crippen LogP contribution in [0.1, 0.15) is 5.56 Å². The van der Waals surface area contributed by atoms with Crippen LogP contribution < -0.4 is 0 Å². The van der Waals surface area contributed by atoms with Gasteiger partial charge in [0.05, 0.1) is 4.90 Å². The van der Waals surface area contributed by atoms with Gasteiger partial charge in [-0.05, 0) is 17.7 Å². The van der Waals surface area contributed by atoms with E-state index in [0.717, 1.165) is 18.2 Å². The van der Waals surface area contributed by atoms with Gasteiger partial charge in [-0.2, -0.15) is 21.6 Å². The van der Waals surface area contributed by atoms with E-state index in [1.807, 2.05) is 0 Å². The van der Waals surface area contributed by atoms with Crippen LogP contribution in [0.5, 0.6) is 0 Å². The van der Waals surface area contributed by atoms with E-state index < -0.39 is 21.1 Å². The molecule has 0 atom stereocenters. The quantitative estimate of drug-likeness (QED) is 0.629. The van der Waals surface area contributed by atoms with Gasteiger partial charge in [-0.15, -0.1) is 0 Å². The number of rotatable bonds is 3. The summed E-state index contributed by atoms with van der Waals surface area (Å²) in [5.74, 6) is 0. The van der Waals surface area contributed by atoms with Crippen LogP contribution in [0.3, 0.4) is 0 Å². The van der Waals surface area contributed by atoms with Crippen LogP contribution >= 0.6 is 0 Å². The minimum Gasteiger partial charge on any atom is -0.210 e. The molecule has 0 bridgehead atoms. The number of alkyl halides is 3. The van der Waals surface area contributed by atoms with Crippen molar-refractivity contribution in [3.8, 4) is 0 Å². The number of benzene rings is 1. The number of halogens is 3. The number of allylic oxidation sites excluding steroid dienone is 1. The van der Waals surface area contributed by atoms with Crippen LogP contribution in [-0.2, 0) is 14.8 Å². The van der Waals surface area contributed by atoms with E-state index in [1.54, 1.807) is 0 Å². The molecule has 1 aromatic rings. The maximum Gasteiger partial charge on any atom is 0.409 e. The molecule has 8 heteroatoms. The third-order valence-electron chi connectivity index (χ3n) is 1.81. The summed E-state index contributed by atoms with van der Waals surface area (Å²) in [6.07, 6.45) is -3.23. The predicted octanol–water partition coefficient (Wildman–Crippen LogP) is 2.29. The highest BCUT2D eigenvalue weighted by Crippen LogP contribution is 2.22. The first-order valence-electron chi connectivity index (χ1n) is 4.45. The largest absolute Gasteiger partial charge is 0.409 e. The molecular weight excluding hydrogens is 271 g/mol. The summed E-state index contributed by atoms with van der Waals surface area (Å²) >= 11 is 0. The van der Waals surface area contributed by atoms with Crippen molar-refractivity contribution in [3.05, 3.63) is 35.9 Å². The minimum absolute atomic E-state index is 0.105. The molecule has 0 aliphatic rings. The standard InChI is InChI=1S/C10H6F3NO3S/c11-10(12,13)6-5-8-3-1-2-4-9(8)18(16,17)14-7-15/h1-6H. The molecule has 0 saturated heterocycles. The molecule has 0 radical (unpaired) electrons. The maximum absolute atomic E-state index is 12.0. The van der Waals surface area contributed by atoms with Gasteiger partial charge in [0.1, 0.15) is 0 Å². The van der Waals surface area contributed by atoms with Gasteiger partial charge in [0.25, 0.3) is 16.1 Å². The molecular formula is C10H6F3NO3S. The first-order valence-corrected chi connectivity index (χ1v) is 5.89. The summed E-state index contributed by atoms with van der Waals surface area (Å²) in [5.41, 5.74) is -0.214. The van der Waals surface area contributed by atoms with Crippen molar-refractivity contribution in [3.63, 3.8) is 0 Å². The Labute approximate surface area is 101 Å². The molecule has 0 spiro atoms. The van der Waals surface area contributed by atoms with Gasteiger partial charge in [-0.1, -0.05) is 22.6 Å². The van der Waals surface area contributed by atoms with Gasteiger partial charge in [-0.25, -0.2) is 4.79 Å². The van der Waals surface area contributed by atoms with E-state index in [9.17, 15) is 26.4 Å². The molecule has 0 fully saturated rings. The zero-order valence-corrected chi connectivity index (χ0v) is 9.49. The fraction of sp³-hybridized carbons (Fsp3) is 0.100. The highest BCUT2D eigenvalue weighted by atomic mass is 32.2. The molecule has 18 heavy (non-hydrogen) atoms. The lowest BCUT2D eigenvalue weighted by atomic mass is 10.2. The Kier molecular flexibility index (Phi) is 4.05. The van der Waals surface area contributed by atoms with Crippen molar-refractivity contribution >= 4 is 22.2 Å². The van der Waals surface area contributed by atoms with Gasteiger partial charge in [0, 0.05) is 6.08 Å². The van der Waals surface area contributed by atoms with Gasteiger partial charge >= 0.3 is 6.18 Å². The highest BCUT2D eigenvalue weighted by Gasteiger charge is 2.23. The van der Waals surface area contributed by atoms with Crippen LogP contribution in [0.25, 0.3) is 6.08 Å². The molecule has 1 rings (SSSR count). The van der Waals surface area contributed by atoms with E-state index >= 15 is 0 Å². The van der Waals surface area contributed by atoms with E-state index in [0.29, 0.717) is 6.08 Å². The van der Waals surface area contributed by atoms with Gasteiger partial charge in [0.15, 0.2) is 0 Å². The first kappa shape index (κ1) is 14.1. The highest BCUT2D eigenvalue weighted by molar-refractivity contribution is 7.90. The lowest BCUT2D eigenvalue weighted by molar-refractivity contribution is -0.0790. The number of sulfonamides is 1. The summed E-state index contributed by atoms with van der Waals surface area (Å²) in [4.78, 5) is 9.46. The number of nitrogens with zero attached hydrogens (tertiary/aromatic N) is 1. The third kappa shape index (κ3) is 3.83. The molecule has 0 saturated carbocycles. The van der Waals surface area contributed by atoms with Crippen molar-refractivity contribution in [1.82, 2.24) is 0 Å². The second kappa shape index (κ2) is 5.16. The van der Waals surface area contributed by atoms with Crippen molar-refractivity contribution < 1.29 is 26.4 Å².